The first-order valence-corrected chi connectivity index (χ1v) is 8.64. The molecule has 0 radical (unpaired) electrons. The predicted octanol–water partition coefficient (Wildman–Crippen LogP) is 3.75. The van der Waals surface area contributed by atoms with Gasteiger partial charge >= 0.3 is 0 Å². The number of thiophene rings is 1. The summed E-state index contributed by atoms with van der Waals surface area (Å²) in [6.07, 6.45) is 0. The van der Waals surface area contributed by atoms with Crippen LogP contribution in [0.2, 0.25) is 0 Å². The van der Waals surface area contributed by atoms with Crippen LogP contribution in [0.15, 0.2) is 45.6 Å². The highest BCUT2D eigenvalue weighted by Crippen LogP contribution is 2.33. The van der Waals surface area contributed by atoms with Crippen molar-refractivity contribution in [1.29, 1.82) is 0 Å². The van der Waals surface area contributed by atoms with Crippen molar-refractivity contribution in [3.63, 3.8) is 0 Å². The zero-order valence-corrected chi connectivity index (χ0v) is 15.2. The van der Waals surface area contributed by atoms with Crippen molar-refractivity contribution in [2.24, 2.45) is 11.7 Å². The smallest absolute Gasteiger partial charge is 0.254 e. The molecule has 118 valence electrons. The molecule has 0 aliphatic carbocycles. The molecule has 1 aliphatic heterocycles. The number of carbonyl (C=O) groups excluding carboxylic acids is 1. The van der Waals surface area contributed by atoms with E-state index in [1.54, 1.807) is 0 Å². The van der Waals surface area contributed by atoms with Crippen molar-refractivity contribution in [3.8, 4) is 0 Å². The third kappa shape index (κ3) is 3.54. The maximum atomic E-state index is 12.6. The molecule has 22 heavy (non-hydrogen) atoms. The van der Waals surface area contributed by atoms with Gasteiger partial charge < -0.3 is 10.6 Å². The lowest BCUT2D eigenvalue weighted by Crippen LogP contribution is -2.29. The molecule has 1 aliphatic rings. The van der Waals surface area contributed by atoms with Crippen molar-refractivity contribution in [1.82, 2.24) is 4.90 Å². The van der Waals surface area contributed by atoms with Gasteiger partial charge in [0.1, 0.15) is 0 Å². The summed E-state index contributed by atoms with van der Waals surface area (Å²) in [7, 11) is 0. The van der Waals surface area contributed by atoms with Crippen LogP contribution >= 0.6 is 39.7 Å². The van der Waals surface area contributed by atoms with Gasteiger partial charge in [-0.2, -0.15) is 0 Å². The summed E-state index contributed by atoms with van der Waals surface area (Å²) >= 11 is 4.95. The van der Waals surface area contributed by atoms with E-state index in [0.717, 1.165) is 22.4 Å². The van der Waals surface area contributed by atoms with E-state index < -0.39 is 0 Å². The average molecular weight is 402 g/mol. The minimum absolute atomic E-state index is 0. The van der Waals surface area contributed by atoms with Crippen LogP contribution in [0.5, 0.6) is 0 Å². The molecule has 0 saturated carbocycles. The lowest BCUT2D eigenvalue weighted by molar-refractivity contribution is 0.0787. The normalized spacial score (nSPS) is 20.7. The Morgan fingerprint density at radius 2 is 2.05 bits per heavy atom. The monoisotopic (exact) mass is 400 g/mol. The van der Waals surface area contributed by atoms with E-state index >= 15 is 0 Å². The molecule has 2 heterocycles. The fraction of sp³-hybridized carbons (Fsp3) is 0.312. The van der Waals surface area contributed by atoms with E-state index in [-0.39, 0.29) is 18.3 Å². The molecule has 0 spiro atoms. The van der Waals surface area contributed by atoms with Gasteiger partial charge in [0.2, 0.25) is 0 Å². The number of halogens is 2. The van der Waals surface area contributed by atoms with Gasteiger partial charge in [0.15, 0.2) is 0 Å². The van der Waals surface area contributed by atoms with Crippen LogP contribution in [-0.2, 0) is 0 Å². The lowest BCUT2D eigenvalue weighted by atomic mass is 9.89. The predicted molar refractivity (Wildman–Crippen MR) is 96.9 cm³/mol. The Kier molecular flexibility index (Phi) is 6.03. The molecule has 3 rings (SSSR count). The Morgan fingerprint density at radius 1 is 1.32 bits per heavy atom. The van der Waals surface area contributed by atoms with Crippen LogP contribution < -0.4 is 5.73 Å². The number of benzene rings is 1. The van der Waals surface area contributed by atoms with Crippen LogP contribution in [0.4, 0.5) is 0 Å². The van der Waals surface area contributed by atoms with Crippen LogP contribution in [-0.4, -0.2) is 30.4 Å². The fourth-order valence-electron chi connectivity index (χ4n) is 2.96. The lowest BCUT2D eigenvalue weighted by Gasteiger charge is -2.16. The molecule has 2 aromatic rings. The number of likely N-dealkylation sites (tertiary alicyclic amines) is 1. The van der Waals surface area contributed by atoms with Crippen LogP contribution in [0.25, 0.3) is 0 Å². The van der Waals surface area contributed by atoms with Gasteiger partial charge in [0.05, 0.1) is 9.35 Å². The number of carbonyl (C=O) groups is 1. The largest absolute Gasteiger partial charge is 0.338 e. The highest BCUT2D eigenvalue weighted by molar-refractivity contribution is 9.11. The molecule has 3 nitrogen and oxygen atoms in total. The van der Waals surface area contributed by atoms with Crippen molar-refractivity contribution >= 4 is 45.6 Å². The van der Waals surface area contributed by atoms with Crippen molar-refractivity contribution < 1.29 is 4.79 Å². The Balaban J connectivity index is 0.00000176. The first-order valence-electron chi connectivity index (χ1n) is 6.97. The Labute approximate surface area is 149 Å². The van der Waals surface area contributed by atoms with Crippen molar-refractivity contribution in [2.75, 3.05) is 19.6 Å². The first kappa shape index (κ1) is 17.5. The topological polar surface area (TPSA) is 46.3 Å². The number of rotatable bonds is 3. The molecule has 0 bridgehead atoms. The summed E-state index contributed by atoms with van der Waals surface area (Å²) in [4.78, 5) is 14.5. The summed E-state index contributed by atoms with van der Waals surface area (Å²) in [6, 6.07) is 12.2. The van der Waals surface area contributed by atoms with Gasteiger partial charge in [-0.05, 0) is 40.0 Å². The van der Waals surface area contributed by atoms with E-state index in [9.17, 15) is 4.79 Å². The second-order valence-corrected chi connectivity index (χ2v) is 7.65. The average Bonchev–Trinajstić information content (AvgIpc) is 3.13. The summed E-state index contributed by atoms with van der Waals surface area (Å²) in [6.45, 7) is 2.09. The maximum Gasteiger partial charge on any atom is 0.254 e. The van der Waals surface area contributed by atoms with E-state index in [0.29, 0.717) is 18.4 Å². The molecule has 1 fully saturated rings. The van der Waals surface area contributed by atoms with Gasteiger partial charge in [0.25, 0.3) is 5.91 Å². The summed E-state index contributed by atoms with van der Waals surface area (Å²) < 4.78 is 0.986. The molecule has 6 heteroatoms. The SMILES string of the molecule is Cl.NC[C@@H]1CN(C(=O)c2csc(Br)c2)C[C@H]1c1ccccc1. The van der Waals surface area contributed by atoms with E-state index in [2.05, 4.69) is 28.1 Å². The van der Waals surface area contributed by atoms with E-state index in [1.807, 2.05) is 34.5 Å². The molecule has 1 aromatic heterocycles. The highest BCUT2D eigenvalue weighted by atomic mass is 79.9. The van der Waals surface area contributed by atoms with E-state index in [1.165, 1.54) is 16.9 Å². The Morgan fingerprint density at radius 3 is 2.64 bits per heavy atom. The number of nitrogens with two attached hydrogens (primary N) is 1. The van der Waals surface area contributed by atoms with Gasteiger partial charge in [-0.3, -0.25) is 4.79 Å². The Hall–Kier alpha value is -0.880. The van der Waals surface area contributed by atoms with Crippen molar-refractivity contribution in [2.45, 2.75) is 5.92 Å². The number of hydrogen-bond donors (Lipinski definition) is 1. The van der Waals surface area contributed by atoms with Crippen molar-refractivity contribution in [3.05, 3.63) is 56.7 Å². The van der Waals surface area contributed by atoms with E-state index in [4.69, 9.17) is 5.73 Å². The summed E-state index contributed by atoms with van der Waals surface area (Å²) in [5.74, 6) is 0.773. The number of hydrogen-bond acceptors (Lipinski definition) is 3. The highest BCUT2D eigenvalue weighted by Gasteiger charge is 2.35. The summed E-state index contributed by atoms with van der Waals surface area (Å²) in [5, 5.41) is 1.90. The maximum absolute atomic E-state index is 12.6. The molecule has 0 unspecified atom stereocenters. The van der Waals surface area contributed by atoms with Gasteiger partial charge in [-0.25, -0.2) is 0 Å². The Bertz CT molecular complexity index is 634. The molecule has 1 aromatic carbocycles. The van der Waals surface area contributed by atoms with Gasteiger partial charge in [-0.1, -0.05) is 30.3 Å². The molecule has 2 atom stereocenters. The molecular weight excluding hydrogens is 384 g/mol. The standard InChI is InChI=1S/C16H17BrN2OS.ClH/c17-15-6-12(10-21-15)16(20)19-8-13(7-18)14(9-19)11-4-2-1-3-5-11;/h1-6,10,13-14H,7-9,18H2;1H/t13-,14+;/m1./s1. The third-order valence-corrected chi connectivity index (χ3v) is 5.58. The molecule has 2 N–H and O–H groups in total. The molecule has 1 saturated heterocycles. The quantitative estimate of drug-likeness (QED) is 0.851. The second-order valence-electron chi connectivity index (χ2n) is 5.36. The minimum atomic E-state index is 0. The van der Waals surface area contributed by atoms with Gasteiger partial charge in [-0.15, -0.1) is 23.7 Å². The second kappa shape index (κ2) is 7.59. The van der Waals surface area contributed by atoms with Crippen LogP contribution in [0, 0.1) is 5.92 Å². The van der Waals surface area contributed by atoms with Crippen LogP contribution in [0.3, 0.4) is 0 Å². The minimum Gasteiger partial charge on any atom is -0.338 e. The molecular formula is C16H18BrClN2OS. The zero-order chi connectivity index (χ0) is 14.8. The zero-order valence-electron chi connectivity index (χ0n) is 11.9. The number of nitrogens with zero attached hydrogens (tertiary/aromatic N) is 1. The fourth-order valence-corrected chi connectivity index (χ4v) is 4.09. The molecule has 1 amide bonds. The number of amides is 1. The van der Waals surface area contributed by atoms with Gasteiger partial charge in [0, 0.05) is 24.4 Å². The summed E-state index contributed by atoms with van der Waals surface area (Å²) in [5.41, 5.74) is 7.96. The first-order chi connectivity index (χ1) is 10.2. The van der Waals surface area contributed by atoms with Crippen LogP contribution in [0.1, 0.15) is 21.8 Å². The third-order valence-electron chi connectivity index (χ3n) is 4.07.